The Kier molecular flexibility index (Phi) is 3.12. The molecule has 12 heavy (non-hydrogen) atoms. The van der Waals surface area contributed by atoms with E-state index < -0.39 is 0 Å². The molecule has 2 unspecified atom stereocenters. The number of aromatic hydroxyl groups is 1. The van der Waals surface area contributed by atoms with E-state index >= 15 is 0 Å². The van der Waals surface area contributed by atoms with E-state index in [1.165, 1.54) is 6.26 Å². The fourth-order valence-electron chi connectivity index (χ4n) is 0.846. The van der Waals surface area contributed by atoms with E-state index in [0.717, 1.165) is 5.56 Å². The summed E-state index contributed by atoms with van der Waals surface area (Å²) in [5.74, 6) is 0.164. The summed E-state index contributed by atoms with van der Waals surface area (Å²) in [5.41, 5.74) is 0.984. The Morgan fingerprint density at radius 3 is 2.50 bits per heavy atom. The largest absolute Gasteiger partial charge is 0.508 e. The van der Waals surface area contributed by atoms with Gasteiger partial charge in [-0.05, 0) is 17.7 Å². The molecule has 0 heterocycles. The maximum absolute atomic E-state index is 9.00. The van der Waals surface area contributed by atoms with E-state index in [2.05, 4.69) is 15.8 Å². The van der Waals surface area contributed by atoms with Crippen LogP contribution in [0.4, 0.5) is 0 Å². The van der Waals surface area contributed by atoms with E-state index in [0.29, 0.717) is 0 Å². The third kappa shape index (κ3) is 2.24. The maximum Gasteiger partial charge on any atom is 0.135 e. The molecule has 2 nitrogen and oxygen atoms in total. The monoisotopic (exact) mass is 182 g/mol. The summed E-state index contributed by atoms with van der Waals surface area (Å²) in [6.45, 7) is 3.46. The molecule has 0 aliphatic carbocycles. The zero-order chi connectivity index (χ0) is 8.97. The fraction of sp³-hybridized carbons (Fsp3) is 0.111. The highest BCUT2D eigenvalue weighted by molar-refractivity contribution is 7.16. The first kappa shape index (κ1) is 9.08. The van der Waals surface area contributed by atoms with Gasteiger partial charge in [0.2, 0.25) is 0 Å². The molecule has 0 saturated carbocycles. The second-order valence-corrected chi connectivity index (χ2v) is 2.92. The number of benzene rings is 1. The van der Waals surface area contributed by atoms with Gasteiger partial charge in [-0.1, -0.05) is 28.0 Å². The number of ether oxygens (including phenoxy) is 1. The molecule has 2 atom stereocenters. The van der Waals surface area contributed by atoms with Gasteiger partial charge in [0.1, 0.15) is 11.6 Å². The van der Waals surface area contributed by atoms with Gasteiger partial charge < -0.3 is 9.84 Å². The first-order chi connectivity index (χ1) is 5.74. The van der Waals surface area contributed by atoms with Gasteiger partial charge in [0.25, 0.3) is 0 Å². The highest BCUT2D eigenvalue weighted by Crippen LogP contribution is 2.25. The van der Waals surface area contributed by atoms with Gasteiger partial charge >= 0.3 is 0 Å². The number of rotatable bonds is 3. The van der Waals surface area contributed by atoms with E-state index in [-0.39, 0.29) is 11.6 Å². The number of hydrogen-bond acceptors (Lipinski definition) is 2. The van der Waals surface area contributed by atoms with Crippen molar-refractivity contribution in [1.29, 1.82) is 0 Å². The summed E-state index contributed by atoms with van der Waals surface area (Å²) in [7, 11) is 2.53. The highest BCUT2D eigenvalue weighted by Gasteiger charge is 2.02. The van der Waals surface area contributed by atoms with Gasteiger partial charge in [-0.3, -0.25) is 0 Å². The van der Waals surface area contributed by atoms with Crippen molar-refractivity contribution < 1.29 is 9.84 Å². The number of phenolic OH excluding ortho intramolecular Hbond substituents is 1. The Labute approximate surface area is 74.1 Å². The molecule has 0 aliphatic rings. The lowest BCUT2D eigenvalue weighted by atomic mass is 10.2. The second kappa shape index (κ2) is 4.13. The standard InChI is InChI=1S/C9H11O2P/c1-2-11-9(12)7-3-5-8(10)6-4-7/h2-6,9-10H,1,12H2. The fourth-order valence-corrected chi connectivity index (χ4v) is 1.18. The van der Waals surface area contributed by atoms with E-state index in [9.17, 15) is 0 Å². The molecule has 0 radical (unpaired) electrons. The van der Waals surface area contributed by atoms with Gasteiger partial charge in [-0.25, -0.2) is 0 Å². The molecule has 1 N–H and O–H groups in total. The van der Waals surface area contributed by atoms with Crippen LogP contribution in [0.3, 0.4) is 0 Å². The number of phenols is 1. The normalized spacial score (nSPS) is 12.1. The summed E-state index contributed by atoms with van der Waals surface area (Å²) in [6, 6.07) is 6.85. The van der Waals surface area contributed by atoms with Crippen molar-refractivity contribution in [3.8, 4) is 5.75 Å². The molecule has 1 aromatic carbocycles. The van der Waals surface area contributed by atoms with Crippen LogP contribution in [0.5, 0.6) is 5.75 Å². The lowest BCUT2D eigenvalue weighted by molar-refractivity contribution is 0.226. The molecule has 1 aromatic rings. The van der Waals surface area contributed by atoms with Gasteiger partial charge in [0, 0.05) is 0 Å². The van der Waals surface area contributed by atoms with Crippen molar-refractivity contribution in [2.24, 2.45) is 0 Å². The maximum atomic E-state index is 9.00. The van der Waals surface area contributed by atoms with Crippen LogP contribution in [0, 0.1) is 0 Å². The summed E-state index contributed by atoms with van der Waals surface area (Å²) < 4.78 is 5.11. The Hall–Kier alpha value is -1.01. The van der Waals surface area contributed by atoms with Gasteiger partial charge in [0.15, 0.2) is 0 Å². The van der Waals surface area contributed by atoms with Crippen molar-refractivity contribution in [1.82, 2.24) is 0 Å². The molecule has 0 aromatic heterocycles. The zero-order valence-corrected chi connectivity index (χ0v) is 7.76. The lowest BCUT2D eigenvalue weighted by Gasteiger charge is -2.10. The first-order valence-corrected chi connectivity index (χ1v) is 4.21. The SMILES string of the molecule is C=COC(P)c1ccc(O)cc1. The van der Waals surface area contributed by atoms with Crippen LogP contribution in [-0.2, 0) is 4.74 Å². The molecule has 0 saturated heterocycles. The predicted octanol–water partition coefficient (Wildman–Crippen LogP) is 2.43. The van der Waals surface area contributed by atoms with Crippen molar-refractivity contribution >= 4 is 9.24 Å². The third-order valence-electron chi connectivity index (χ3n) is 1.46. The summed E-state index contributed by atoms with van der Waals surface area (Å²) in [6.07, 6.45) is 1.39. The van der Waals surface area contributed by atoms with Crippen molar-refractivity contribution in [3.05, 3.63) is 42.7 Å². The minimum atomic E-state index is -0.0944. The molecule has 64 valence electrons. The number of hydrogen-bond donors (Lipinski definition) is 1. The molecule has 0 spiro atoms. The van der Waals surface area contributed by atoms with Crippen LogP contribution in [0.1, 0.15) is 11.4 Å². The molecule has 0 amide bonds. The van der Waals surface area contributed by atoms with Crippen LogP contribution in [-0.4, -0.2) is 5.11 Å². The highest BCUT2D eigenvalue weighted by atomic mass is 31.0. The van der Waals surface area contributed by atoms with Gasteiger partial charge in [-0.2, -0.15) is 0 Å². The van der Waals surface area contributed by atoms with Gasteiger partial charge in [-0.15, -0.1) is 0 Å². The minimum absolute atomic E-state index is 0.0944. The topological polar surface area (TPSA) is 29.5 Å². The second-order valence-electron chi connectivity index (χ2n) is 2.31. The molecule has 0 fully saturated rings. The van der Waals surface area contributed by atoms with Crippen LogP contribution in [0.25, 0.3) is 0 Å². The van der Waals surface area contributed by atoms with E-state index in [1.807, 2.05) is 0 Å². The molecule has 0 aliphatic heterocycles. The third-order valence-corrected chi connectivity index (χ3v) is 2.01. The molecule has 1 rings (SSSR count). The Morgan fingerprint density at radius 2 is 2.00 bits per heavy atom. The van der Waals surface area contributed by atoms with E-state index in [1.54, 1.807) is 24.3 Å². The predicted molar refractivity (Wildman–Crippen MR) is 51.8 cm³/mol. The van der Waals surface area contributed by atoms with Crippen molar-refractivity contribution in [2.45, 2.75) is 5.85 Å². The lowest BCUT2D eigenvalue weighted by Crippen LogP contribution is -1.89. The van der Waals surface area contributed by atoms with Crippen LogP contribution in [0.2, 0.25) is 0 Å². The Balaban J connectivity index is 2.74. The van der Waals surface area contributed by atoms with Crippen LogP contribution in [0.15, 0.2) is 37.1 Å². The Bertz CT molecular complexity index is 256. The van der Waals surface area contributed by atoms with Crippen LogP contribution < -0.4 is 0 Å². The van der Waals surface area contributed by atoms with Crippen molar-refractivity contribution in [3.63, 3.8) is 0 Å². The van der Waals surface area contributed by atoms with Gasteiger partial charge in [0.05, 0.1) is 6.26 Å². The van der Waals surface area contributed by atoms with Crippen molar-refractivity contribution in [2.75, 3.05) is 0 Å². The smallest absolute Gasteiger partial charge is 0.135 e. The first-order valence-electron chi connectivity index (χ1n) is 3.55. The van der Waals surface area contributed by atoms with Crippen LogP contribution >= 0.6 is 9.24 Å². The van der Waals surface area contributed by atoms with E-state index in [4.69, 9.17) is 9.84 Å². The molecular weight excluding hydrogens is 171 g/mol. The average Bonchev–Trinajstić information content (AvgIpc) is 2.06. The molecule has 3 heteroatoms. The Morgan fingerprint density at radius 1 is 1.42 bits per heavy atom. The molecule has 0 bridgehead atoms. The zero-order valence-electron chi connectivity index (χ0n) is 6.60. The molecular formula is C9H11O2P. The quantitative estimate of drug-likeness (QED) is 0.574. The summed E-state index contributed by atoms with van der Waals surface area (Å²) in [5, 5.41) is 9.00. The average molecular weight is 182 g/mol. The minimum Gasteiger partial charge on any atom is -0.508 e. The summed E-state index contributed by atoms with van der Waals surface area (Å²) in [4.78, 5) is 0. The summed E-state index contributed by atoms with van der Waals surface area (Å²) >= 11 is 0.